The van der Waals surface area contributed by atoms with Gasteiger partial charge in [-0.1, -0.05) is 18.2 Å². The number of hydroxylamine groups is 1. The number of nitrogens with one attached hydrogen (secondary N) is 1. The molecule has 3 heteroatoms. The monoisotopic (exact) mass is 217 g/mol. The molecule has 15 heavy (non-hydrogen) atoms. The van der Waals surface area contributed by atoms with Crippen molar-refractivity contribution in [3.8, 4) is 0 Å². The van der Waals surface area contributed by atoms with Crippen molar-refractivity contribution in [2.45, 2.75) is 0 Å². The Morgan fingerprint density at radius 1 is 1.07 bits per heavy atom. The predicted molar refractivity (Wildman–Crippen MR) is 64.3 cm³/mol. The standard InChI is InChI=1S/C8H6S.C4H5NO/c1-2-4-8-7(3-1)5-6-9-8;1-2-4-6-5-3-1/h1-6H;1-5H. The molecule has 0 amide bonds. The van der Waals surface area contributed by atoms with E-state index in [4.69, 9.17) is 0 Å². The molecular formula is C12H11NOS. The van der Waals surface area contributed by atoms with Crippen molar-refractivity contribution in [2.75, 3.05) is 0 Å². The highest BCUT2D eigenvalue weighted by molar-refractivity contribution is 7.17. The maximum Gasteiger partial charge on any atom is 0.119 e. The highest BCUT2D eigenvalue weighted by Crippen LogP contribution is 2.18. The minimum Gasteiger partial charge on any atom is -0.391 e. The molecule has 0 fully saturated rings. The smallest absolute Gasteiger partial charge is 0.119 e. The molecule has 0 saturated carbocycles. The Hall–Kier alpha value is -1.74. The van der Waals surface area contributed by atoms with Crippen molar-refractivity contribution in [2.24, 2.45) is 0 Å². The van der Waals surface area contributed by atoms with Crippen molar-refractivity contribution in [3.05, 3.63) is 60.3 Å². The molecule has 0 aliphatic carbocycles. The molecule has 2 nitrogen and oxygen atoms in total. The van der Waals surface area contributed by atoms with E-state index in [1.54, 1.807) is 29.9 Å². The first-order chi connectivity index (χ1) is 7.47. The largest absolute Gasteiger partial charge is 0.391 e. The summed E-state index contributed by atoms with van der Waals surface area (Å²) in [5, 5.41) is 3.47. The van der Waals surface area contributed by atoms with Crippen molar-refractivity contribution in [1.29, 1.82) is 0 Å². The number of rotatable bonds is 0. The Kier molecular flexibility index (Phi) is 3.41. The lowest BCUT2D eigenvalue weighted by Crippen LogP contribution is -2.01. The summed E-state index contributed by atoms with van der Waals surface area (Å²) in [7, 11) is 0. The average molecular weight is 217 g/mol. The fourth-order valence-electron chi connectivity index (χ4n) is 1.16. The number of fused-ring (bicyclic) bond motifs is 1. The molecule has 2 heterocycles. The zero-order valence-corrected chi connectivity index (χ0v) is 8.91. The van der Waals surface area contributed by atoms with Gasteiger partial charge in [0, 0.05) is 10.9 Å². The van der Waals surface area contributed by atoms with Gasteiger partial charge in [0.2, 0.25) is 0 Å². The van der Waals surface area contributed by atoms with Crippen LogP contribution in [0.3, 0.4) is 0 Å². The van der Waals surface area contributed by atoms with E-state index < -0.39 is 0 Å². The van der Waals surface area contributed by atoms with Crippen LogP contribution < -0.4 is 5.48 Å². The summed E-state index contributed by atoms with van der Waals surface area (Å²) < 4.78 is 1.37. The van der Waals surface area contributed by atoms with Crippen molar-refractivity contribution < 1.29 is 4.84 Å². The quantitative estimate of drug-likeness (QED) is 0.729. The van der Waals surface area contributed by atoms with E-state index in [2.05, 4.69) is 46.0 Å². The van der Waals surface area contributed by atoms with Crippen LogP contribution in [0.5, 0.6) is 0 Å². The van der Waals surface area contributed by atoms with E-state index in [0.717, 1.165) is 0 Å². The zero-order chi connectivity index (χ0) is 10.3. The minimum absolute atomic E-state index is 1.35. The van der Waals surface area contributed by atoms with Gasteiger partial charge < -0.3 is 4.84 Å². The van der Waals surface area contributed by atoms with Crippen LogP contribution in [-0.4, -0.2) is 0 Å². The van der Waals surface area contributed by atoms with Gasteiger partial charge in [0.05, 0.1) is 0 Å². The number of hydrogen-bond donors (Lipinski definition) is 1. The molecule has 76 valence electrons. The molecule has 1 aliphatic heterocycles. The molecule has 3 rings (SSSR count). The van der Waals surface area contributed by atoms with Crippen LogP contribution in [0.4, 0.5) is 0 Å². The first kappa shape index (κ1) is 9.80. The molecular weight excluding hydrogens is 206 g/mol. The molecule has 0 radical (unpaired) electrons. The predicted octanol–water partition coefficient (Wildman–Crippen LogP) is 3.45. The first-order valence-corrected chi connectivity index (χ1v) is 5.50. The summed E-state index contributed by atoms with van der Waals surface area (Å²) in [6, 6.07) is 10.5. The Balaban J connectivity index is 0.000000124. The number of thiophene rings is 1. The van der Waals surface area contributed by atoms with E-state index in [9.17, 15) is 0 Å². The van der Waals surface area contributed by atoms with Crippen LogP contribution in [0.25, 0.3) is 10.1 Å². The molecule has 0 bridgehead atoms. The Morgan fingerprint density at radius 3 is 2.60 bits per heavy atom. The fourth-order valence-corrected chi connectivity index (χ4v) is 1.95. The van der Waals surface area contributed by atoms with Crippen LogP contribution in [0, 0.1) is 0 Å². The topological polar surface area (TPSA) is 21.3 Å². The van der Waals surface area contributed by atoms with Gasteiger partial charge >= 0.3 is 0 Å². The Labute approximate surface area is 92.5 Å². The van der Waals surface area contributed by atoms with Crippen LogP contribution in [-0.2, 0) is 4.84 Å². The molecule has 1 N–H and O–H groups in total. The zero-order valence-electron chi connectivity index (χ0n) is 8.09. The van der Waals surface area contributed by atoms with Gasteiger partial charge in [-0.3, -0.25) is 0 Å². The lowest BCUT2D eigenvalue weighted by atomic mass is 10.3. The summed E-state index contributed by atoms with van der Waals surface area (Å²) in [6.45, 7) is 0. The van der Waals surface area contributed by atoms with Crippen molar-refractivity contribution in [1.82, 2.24) is 5.48 Å². The maximum atomic E-state index is 4.55. The molecule has 2 aromatic rings. The Bertz CT molecular complexity index is 431. The minimum atomic E-state index is 1.35. The van der Waals surface area contributed by atoms with E-state index >= 15 is 0 Å². The molecule has 0 unspecified atom stereocenters. The molecule has 1 aliphatic rings. The summed E-state index contributed by atoms with van der Waals surface area (Å²) in [5.74, 6) is 0. The van der Waals surface area contributed by atoms with Gasteiger partial charge in [-0.15, -0.1) is 11.3 Å². The lowest BCUT2D eigenvalue weighted by Gasteiger charge is -1.97. The second kappa shape index (κ2) is 5.22. The van der Waals surface area contributed by atoms with Crippen molar-refractivity contribution in [3.63, 3.8) is 0 Å². The van der Waals surface area contributed by atoms with Crippen LogP contribution >= 0.6 is 11.3 Å². The highest BCUT2D eigenvalue weighted by Gasteiger charge is 1.87. The molecule has 1 aromatic heterocycles. The normalized spacial score (nSPS) is 12.5. The second-order valence-electron chi connectivity index (χ2n) is 2.88. The summed E-state index contributed by atoms with van der Waals surface area (Å²) in [5.41, 5.74) is 2.52. The van der Waals surface area contributed by atoms with Crippen LogP contribution in [0.1, 0.15) is 0 Å². The number of allylic oxidation sites excluding steroid dienone is 2. The van der Waals surface area contributed by atoms with Gasteiger partial charge in [-0.25, -0.2) is 5.48 Å². The highest BCUT2D eigenvalue weighted by atomic mass is 32.1. The van der Waals surface area contributed by atoms with Crippen LogP contribution in [0.15, 0.2) is 60.3 Å². The van der Waals surface area contributed by atoms with E-state index in [1.165, 1.54) is 10.1 Å². The van der Waals surface area contributed by atoms with E-state index in [0.29, 0.717) is 0 Å². The van der Waals surface area contributed by atoms with Gasteiger partial charge in [0.15, 0.2) is 0 Å². The fraction of sp³-hybridized carbons (Fsp3) is 0. The summed E-state index contributed by atoms with van der Waals surface area (Å²) >= 11 is 1.79. The van der Waals surface area contributed by atoms with Crippen molar-refractivity contribution >= 4 is 21.4 Å². The van der Waals surface area contributed by atoms with Gasteiger partial charge in [-0.2, -0.15) is 0 Å². The third-order valence-electron chi connectivity index (χ3n) is 1.85. The second-order valence-corrected chi connectivity index (χ2v) is 3.83. The third-order valence-corrected chi connectivity index (χ3v) is 2.75. The summed E-state index contributed by atoms with van der Waals surface area (Å²) in [6.07, 6.45) is 6.93. The number of benzene rings is 1. The molecule has 0 spiro atoms. The molecule has 0 atom stereocenters. The van der Waals surface area contributed by atoms with Gasteiger partial charge in [-0.05, 0) is 35.1 Å². The Morgan fingerprint density at radius 2 is 2.00 bits per heavy atom. The molecule has 1 aromatic carbocycles. The third kappa shape index (κ3) is 2.86. The number of hydrogen-bond acceptors (Lipinski definition) is 3. The first-order valence-electron chi connectivity index (χ1n) is 4.62. The SMILES string of the molecule is C1=CNOC=C1.c1ccc2sccc2c1. The van der Waals surface area contributed by atoms with Gasteiger partial charge in [0.25, 0.3) is 0 Å². The van der Waals surface area contributed by atoms with E-state index in [-0.39, 0.29) is 0 Å². The maximum absolute atomic E-state index is 4.55. The van der Waals surface area contributed by atoms with Gasteiger partial charge in [0.1, 0.15) is 6.26 Å². The summed E-state index contributed by atoms with van der Waals surface area (Å²) in [4.78, 5) is 4.55. The average Bonchev–Trinajstić information content (AvgIpc) is 2.80. The lowest BCUT2D eigenvalue weighted by molar-refractivity contribution is 0.172. The van der Waals surface area contributed by atoms with Crippen LogP contribution in [0.2, 0.25) is 0 Å². The van der Waals surface area contributed by atoms with E-state index in [1.807, 2.05) is 6.08 Å². The molecule has 0 saturated heterocycles.